The summed E-state index contributed by atoms with van der Waals surface area (Å²) in [6.45, 7) is 7.95. The molecule has 0 heterocycles. The number of methoxy groups -OCH3 is 1. The minimum absolute atomic E-state index is 0.172. The molecule has 0 spiro atoms. The highest BCUT2D eigenvalue weighted by Gasteiger charge is 2.21. The van der Waals surface area contributed by atoms with Gasteiger partial charge in [-0.1, -0.05) is 24.3 Å². The van der Waals surface area contributed by atoms with Gasteiger partial charge in [0.2, 0.25) is 0 Å². The molecule has 7 heteroatoms. The number of amides is 2. The molecule has 0 aliphatic heterocycles. The van der Waals surface area contributed by atoms with Crippen molar-refractivity contribution in [2.45, 2.75) is 13.8 Å². The maximum absolute atomic E-state index is 12.3. The van der Waals surface area contributed by atoms with Crippen molar-refractivity contribution in [3.63, 3.8) is 0 Å². The van der Waals surface area contributed by atoms with Crippen LogP contribution in [0.1, 0.15) is 24.2 Å². The first kappa shape index (κ1) is 20.2. The number of hydrogen-bond acceptors (Lipinski definition) is 5. The van der Waals surface area contributed by atoms with Gasteiger partial charge < -0.3 is 14.4 Å². The van der Waals surface area contributed by atoms with Crippen molar-refractivity contribution in [2.75, 3.05) is 38.8 Å². The quantitative estimate of drug-likeness (QED) is 0.559. The van der Waals surface area contributed by atoms with Crippen LogP contribution in [0.15, 0.2) is 36.4 Å². The molecule has 0 N–H and O–H groups in total. The Morgan fingerprint density at radius 2 is 1.84 bits per heavy atom. The Morgan fingerprint density at radius 3 is 2.40 bits per heavy atom. The monoisotopic (exact) mass is 348 g/mol. The molecule has 1 aromatic carbocycles. The first-order valence-corrected chi connectivity index (χ1v) is 7.81. The lowest BCUT2D eigenvalue weighted by atomic mass is 10.1. The highest BCUT2D eigenvalue weighted by molar-refractivity contribution is 6.01. The molecular formula is C18H24N2O5. The molecule has 0 unspecified atom stereocenters. The number of rotatable bonds is 7. The molecular weight excluding hydrogens is 324 g/mol. The van der Waals surface area contributed by atoms with E-state index >= 15 is 0 Å². The first-order valence-electron chi connectivity index (χ1n) is 7.81. The lowest BCUT2D eigenvalue weighted by Crippen LogP contribution is -2.35. The molecule has 0 aliphatic rings. The molecule has 25 heavy (non-hydrogen) atoms. The van der Waals surface area contributed by atoms with Gasteiger partial charge in [0, 0.05) is 20.1 Å². The van der Waals surface area contributed by atoms with Crippen LogP contribution in [0, 0.1) is 0 Å². The van der Waals surface area contributed by atoms with E-state index in [1.54, 1.807) is 23.1 Å². The van der Waals surface area contributed by atoms with Crippen LogP contribution in [0.2, 0.25) is 0 Å². The molecule has 0 fully saturated rings. The third kappa shape index (κ3) is 5.63. The Bertz CT molecular complexity index is 657. The van der Waals surface area contributed by atoms with Crippen LogP contribution >= 0.6 is 0 Å². The number of carbonyl (C=O) groups excluding carboxylic acids is 3. The van der Waals surface area contributed by atoms with Gasteiger partial charge in [-0.25, -0.2) is 9.59 Å². The fraction of sp³-hybridized carbons (Fsp3) is 0.389. The topological polar surface area (TPSA) is 76.2 Å². The van der Waals surface area contributed by atoms with Crippen molar-refractivity contribution in [3.8, 4) is 0 Å². The minimum Gasteiger partial charge on any atom is -0.452 e. The first-order chi connectivity index (χ1) is 11.8. The van der Waals surface area contributed by atoms with Crippen molar-refractivity contribution in [1.29, 1.82) is 0 Å². The average molecular weight is 348 g/mol. The molecule has 0 radical (unpaired) electrons. The van der Waals surface area contributed by atoms with Gasteiger partial charge in [-0.2, -0.15) is 0 Å². The predicted molar refractivity (Wildman–Crippen MR) is 94.6 cm³/mol. The molecule has 1 aromatic rings. The van der Waals surface area contributed by atoms with E-state index in [9.17, 15) is 14.4 Å². The molecule has 0 saturated heterocycles. The van der Waals surface area contributed by atoms with Crippen LogP contribution in [0.25, 0.3) is 0 Å². The number of anilines is 1. The van der Waals surface area contributed by atoms with Crippen molar-refractivity contribution < 1.29 is 23.9 Å². The van der Waals surface area contributed by atoms with E-state index in [1.807, 2.05) is 13.8 Å². The summed E-state index contributed by atoms with van der Waals surface area (Å²) < 4.78 is 9.77. The Kier molecular flexibility index (Phi) is 7.65. The number of nitrogens with zero attached hydrogens (tertiary/aromatic N) is 2. The molecule has 0 atom stereocenters. The Hall–Kier alpha value is -2.83. The SMILES string of the molecule is C=C(C)CN(CC)C(=O)COC(=O)c1ccccc1N(C)C(=O)OC. The molecule has 136 valence electrons. The van der Waals surface area contributed by atoms with Crippen LogP contribution in [-0.2, 0) is 14.3 Å². The van der Waals surface area contributed by atoms with Crippen LogP contribution in [-0.4, -0.2) is 56.7 Å². The summed E-state index contributed by atoms with van der Waals surface area (Å²) >= 11 is 0. The number of benzene rings is 1. The zero-order valence-corrected chi connectivity index (χ0v) is 15.1. The standard InChI is InChI=1S/C18H24N2O5/c1-6-20(11-13(2)3)16(21)12-25-17(22)14-9-7-8-10-15(14)19(4)18(23)24-5/h7-10H,2,6,11-12H2,1,3-5H3. The molecule has 2 amide bonds. The van der Waals surface area contributed by atoms with E-state index in [-0.39, 0.29) is 18.1 Å². The number of likely N-dealkylation sites (N-methyl/N-ethyl adjacent to an activating group) is 1. The van der Waals surface area contributed by atoms with E-state index < -0.39 is 12.1 Å². The second-order valence-electron chi connectivity index (χ2n) is 5.49. The van der Waals surface area contributed by atoms with E-state index in [1.165, 1.54) is 25.1 Å². The fourth-order valence-electron chi connectivity index (χ4n) is 2.17. The summed E-state index contributed by atoms with van der Waals surface area (Å²) in [5.41, 5.74) is 1.35. The largest absolute Gasteiger partial charge is 0.452 e. The second-order valence-corrected chi connectivity index (χ2v) is 5.49. The summed E-state index contributed by atoms with van der Waals surface area (Å²) in [6.07, 6.45) is -0.616. The van der Waals surface area contributed by atoms with Crippen LogP contribution in [0.4, 0.5) is 10.5 Å². The van der Waals surface area contributed by atoms with Crippen molar-refractivity contribution in [1.82, 2.24) is 4.90 Å². The van der Waals surface area contributed by atoms with Gasteiger partial charge in [-0.15, -0.1) is 0 Å². The zero-order valence-electron chi connectivity index (χ0n) is 15.1. The molecule has 0 saturated carbocycles. The summed E-state index contributed by atoms with van der Waals surface area (Å²) in [5.74, 6) is -0.997. The molecule has 1 rings (SSSR count). The fourth-order valence-corrected chi connectivity index (χ4v) is 2.17. The van der Waals surface area contributed by atoms with E-state index in [2.05, 4.69) is 11.3 Å². The second kappa shape index (κ2) is 9.46. The average Bonchev–Trinajstić information content (AvgIpc) is 2.62. The minimum atomic E-state index is -0.689. The van der Waals surface area contributed by atoms with Crippen molar-refractivity contribution >= 4 is 23.7 Å². The Balaban J connectivity index is 2.83. The maximum atomic E-state index is 12.3. The molecule has 0 aliphatic carbocycles. The number of ether oxygens (including phenoxy) is 2. The lowest BCUT2D eigenvalue weighted by Gasteiger charge is -2.21. The number of carbonyl (C=O) groups is 3. The Morgan fingerprint density at radius 1 is 1.20 bits per heavy atom. The van der Waals surface area contributed by atoms with Gasteiger partial charge in [0.05, 0.1) is 18.4 Å². The summed E-state index contributed by atoms with van der Waals surface area (Å²) in [7, 11) is 2.73. The van der Waals surface area contributed by atoms with Gasteiger partial charge in [0.25, 0.3) is 5.91 Å². The van der Waals surface area contributed by atoms with E-state index in [0.29, 0.717) is 18.8 Å². The Labute approximate surface area is 147 Å². The highest BCUT2D eigenvalue weighted by Crippen LogP contribution is 2.20. The van der Waals surface area contributed by atoms with Crippen LogP contribution in [0.3, 0.4) is 0 Å². The molecule has 0 aromatic heterocycles. The third-order valence-corrected chi connectivity index (χ3v) is 3.46. The summed E-state index contributed by atoms with van der Waals surface area (Å²) in [5, 5.41) is 0. The highest BCUT2D eigenvalue weighted by atomic mass is 16.5. The van der Waals surface area contributed by atoms with Crippen molar-refractivity contribution in [3.05, 3.63) is 42.0 Å². The normalized spacial score (nSPS) is 9.92. The van der Waals surface area contributed by atoms with Gasteiger partial charge in [0.1, 0.15) is 0 Å². The molecule has 7 nitrogen and oxygen atoms in total. The van der Waals surface area contributed by atoms with Crippen molar-refractivity contribution in [2.24, 2.45) is 0 Å². The maximum Gasteiger partial charge on any atom is 0.413 e. The predicted octanol–water partition coefficient (Wildman–Crippen LogP) is 2.47. The number of hydrogen-bond donors (Lipinski definition) is 0. The summed E-state index contributed by atoms with van der Waals surface area (Å²) in [4.78, 5) is 38.9. The van der Waals surface area contributed by atoms with Gasteiger partial charge in [0.15, 0.2) is 6.61 Å². The van der Waals surface area contributed by atoms with Gasteiger partial charge in [-0.05, 0) is 26.0 Å². The van der Waals surface area contributed by atoms with E-state index in [0.717, 1.165) is 5.57 Å². The van der Waals surface area contributed by atoms with Gasteiger partial charge in [-0.3, -0.25) is 9.69 Å². The smallest absolute Gasteiger partial charge is 0.413 e. The third-order valence-electron chi connectivity index (χ3n) is 3.46. The van der Waals surface area contributed by atoms with E-state index in [4.69, 9.17) is 4.74 Å². The zero-order chi connectivity index (χ0) is 19.0. The number of para-hydroxylation sites is 1. The van der Waals surface area contributed by atoms with Crippen LogP contribution < -0.4 is 4.90 Å². The van der Waals surface area contributed by atoms with Crippen LogP contribution in [0.5, 0.6) is 0 Å². The lowest BCUT2D eigenvalue weighted by molar-refractivity contribution is -0.133. The van der Waals surface area contributed by atoms with Gasteiger partial charge >= 0.3 is 12.1 Å². The molecule has 0 bridgehead atoms. The number of esters is 1. The summed E-state index contributed by atoms with van der Waals surface area (Å²) in [6, 6.07) is 6.44.